The Labute approximate surface area is 133 Å². The van der Waals surface area contributed by atoms with Crippen LogP contribution in [-0.4, -0.2) is 44.3 Å². The van der Waals surface area contributed by atoms with E-state index in [0.29, 0.717) is 22.5 Å². The van der Waals surface area contributed by atoms with E-state index in [1.54, 1.807) is 18.3 Å². The molecule has 0 saturated carbocycles. The molecule has 0 aliphatic carbocycles. The van der Waals surface area contributed by atoms with Crippen molar-refractivity contribution in [2.75, 3.05) is 11.9 Å². The Balaban J connectivity index is 2.26. The van der Waals surface area contributed by atoms with E-state index in [2.05, 4.69) is 34.0 Å². The van der Waals surface area contributed by atoms with Gasteiger partial charge < -0.3 is 10.0 Å². The van der Waals surface area contributed by atoms with Crippen LogP contribution in [0, 0.1) is 0 Å². The van der Waals surface area contributed by atoms with Crippen LogP contribution in [-0.2, 0) is 0 Å². The summed E-state index contributed by atoms with van der Waals surface area (Å²) in [5.41, 5.74) is 2.84. The van der Waals surface area contributed by atoms with Gasteiger partial charge in [0.1, 0.15) is 5.69 Å². The molecule has 2 N–H and O–H groups in total. The Morgan fingerprint density at radius 1 is 1.22 bits per heavy atom. The van der Waals surface area contributed by atoms with Gasteiger partial charge in [0.25, 0.3) is 0 Å². The molecular weight excluding hydrogens is 294 g/mol. The van der Waals surface area contributed by atoms with Crippen molar-refractivity contribution in [3.63, 3.8) is 0 Å². The molecule has 0 aliphatic heterocycles. The summed E-state index contributed by atoms with van der Waals surface area (Å²) in [6, 6.07) is 6.79. The van der Waals surface area contributed by atoms with Crippen LogP contribution in [0.2, 0.25) is 0 Å². The van der Waals surface area contributed by atoms with Crippen molar-refractivity contribution in [2.45, 2.75) is 19.9 Å². The molecule has 0 unspecified atom stereocenters. The van der Waals surface area contributed by atoms with E-state index in [4.69, 9.17) is 5.11 Å². The van der Waals surface area contributed by atoms with Gasteiger partial charge in [0.15, 0.2) is 5.82 Å². The van der Waals surface area contributed by atoms with Gasteiger partial charge in [-0.25, -0.2) is 14.8 Å². The Morgan fingerprint density at radius 2 is 2.00 bits per heavy atom. The second kappa shape index (κ2) is 5.68. The molecule has 0 aliphatic rings. The molecular formula is C16H17N5O2. The van der Waals surface area contributed by atoms with Crippen LogP contribution in [0.5, 0.6) is 0 Å². The van der Waals surface area contributed by atoms with Crippen LogP contribution in [0.25, 0.3) is 22.4 Å². The average Bonchev–Trinajstić information content (AvgIpc) is 3.06. The smallest absolute Gasteiger partial charge is 0.335 e. The zero-order valence-corrected chi connectivity index (χ0v) is 13.1. The Morgan fingerprint density at radius 3 is 2.61 bits per heavy atom. The molecule has 1 aromatic carbocycles. The van der Waals surface area contributed by atoms with Crippen LogP contribution < -0.4 is 4.90 Å². The number of fused-ring (bicyclic) bond motifs is 1. The monoisotopic (exact) mass is 311 g/mol. The number of H-pyrrole nitrogens is 1. The highest BCUT2D eigenvalue weighted by Gasteiger charge is 2.18. The van der Waals surface area contributed by atoms with E-state index >= 15 is 0 Å². The third-order valence-electron chi connectivity index (χ3n) is 3.76. The fourth-order valence-electron chi connectivity index (χ4n) is 2.24. The van der Waals surface area contributed by atoms with Gasteiger partial charge in [-0.15, -0.1) is 0 Å². The van der Waals surface area contributed by atoms with Crippen molar-refractivity contribution in [3.8, 4) is 11.4 Å². The Bertz CT molecular complexity index is 858. The molecule has 7 heteroatoms. The van der Waals surface area contributed by atoms with Gasteiger partial charge in [0.2, 0.25) is 0 Å². The number of carboxylic acid groups (broad SMARTS) is 1. The summed E-state index contributed by atoms with van der Waals surface area (Å²) >= 11 is 0. The first-order chi connectivity index (χ1) is 11.0. The van der Waals surface area contributed by atoms with Crippen LogP contribution in [0.4, 0.5) is 5.82 Å². The zero-order chi connectivity index (χ0) is 16.6. The van der Waals surface area contributed by atoms with Crippen molar-refractivity contribution in [2.24, 2.45) is 0 Å². The first-order valence-corrected chi connectivity index (χ1v) is 7.25. The van der Waals surface area contributed by atoms with E-state index in [0.717, 1.165) is 5.69 Å². The van der Waals surface area contributed by atoms with Crippen LogP contribution >= 0.6 is 0 Å². The topological polar surface area (TPSA) is 95.0 Å². The van der Waals surface area contributed by atoms with Crippen molar-refractivity contribution < 1.29 is 9.90 Å². The highest BCUT2D eigenvalue weighted by atomic mass is 16.4. The molecule has 0 fully saturated rings. The average molecular weight is 311 g/mol. The van der Waals surface area contributed by atoms with Gasteiger partial charge in [-0.1, -0.05) is 0 Å². The molecule has 118 valence electrons. The number of rotatable bonds is 4. The second-order valence-corrected chi connectivity index (χ2v) is 5.58. The molecule has 0 atom stereocenters. The number of aromatic amines is 1. The number of nitrogens with zero attached hydrogens (tertiary/aromatic N) is 4. The summed E-state index contributed by atoms with van der Waals surface area (Å²) < 4.78 is 0. The van der Waals surface area contributed by atoms with Crippen molar-refractivity contribution in [3.05, 3.63) is 36.0 Å². The van der Waals surface area contributed by atoms with Crippen LogP contribution in [0.3, 0.4) is 0 Å². The number of aromatic nitrogens is 4. The first kappa shape index (κ1) is 15.0. The van der Waals surface area contributed by atoms with Gasteiger partial charge in [0, 0.05) is 19.3 Å². The second-order valence-electron chi connectivity index (χ2n) is 5.58. The molecule has 2 aromatic heterocycles. The van der Waals surface area contributed by atoms with Crippen LogP contribution in [0.15, 0.2) is 30.5 Å². The number of carbonyl (C=O) groups is 1. The molecule has 0 radical (unpaired) electrons. The van der Waals surface area contributed by atoms with Gasteiger partial charge in [-0.05, 0) is 38.1 Å². The minimum Gasteiger partial charge on any atom is -0.478 e. The number of anilines is 1. The summed E-state index contributed by atoms with van der Waals surface area (Å²) in [6.07, 6.45) is 1.66. The molecule has 0 amide bonds. The predicted octanol–water partition coefficient (Wildman–Crippen LogP) is 2.56. The minimum absolute atomic E-state index is 0.194. The fraction of sp³-hybridized carbons (Fsp3) is 0.250. The first-order valence-electron chi connectivity index (χ1n) is 7.25. The lowest BCUT2D eigenvalue weighted by Crippen LogP contribution is -2.27. The molecule has 0 bridgehead atoms. The van der Waals surface area contributed by atoms with E-state index in [1.807, 2.05) is 18.0 Å². The standard InChI is InChI=1S/C16H17N5O2/c1-9(2)21(3)15-14(12-6-7-17-20-12)18-11-5-4-10(16(22)23)8-13(11)19-15/h4-9H,1-3H3,(H,17,20)(H,22,23). The number of benzene rings is 1. The Kier molecular flexibility index (Phi) is 3.69. The molecule has 3 aromatic rings. The lowest BCUT2D eigenvalue weighted by atomic mass is 10.1. The predicted molar refractivity (Wildman–Crippen MR) is 87.6 cm³/mol. The highest BCUT2D eigenvalue weighted by molar-refractivity contribution is 5.93. The third kappa shape index (κ3) is 2.73. The normalized spacial score (nSPS) is 11.1. The summed E-state index contributed by atoms with van der Waals surface area (Å²) in [4.78, 5) is 22.5. The number of hydrogen-bond donors (Lipinski definition) is 2. The van der Waals surface area contributed by atoms with Crippen molar-refractivity contribution >= 4 is 22.8 Å². The number of nitrogens with one attached hydrogen (secondary N) is 1. The molecule has 3 rings (SSSR count). The number of carboxylic acids is 1. The SMILES string of the molecule is CC(C)N(C)c1nc2cc(C(=O)O)ccc2nc1-c1ccn[nH]1. The van der Waals surface area contributed by atoms with Gasteiger partial charge in [-0.2, -0.15) is 5.10 Å². The maximum atomic E-state index is 11.2. The largest absolute Gasteiger partial charge is 0.478 e. The molecule has 7 nitrogen and oxygen atoms in total. The molecule has 0 spiro atoms. The number of hydrogen-bond acceptors (Lipinski definition) is 5. The highest BCUT2D eigenvalue weighted by Crippen LogP contribution is 2.29. The zero-order valence-electron chi connectivity index (χ0n) is 13.1. The summed E-state index contributed by atoms with van der Waals surface area (Å²) in [7, 11) is 1.93. The summed E-state index contributed by atoms with van der Waals surface area (Å²) in [6.45, 7) is 4.10. The molecule has 23 heavy (non-hydrogen) atoms. The van der Waals surface area contributed by atoms with Gasteiger partial charge in [0.05, 0.1) is 22.3 Å². The van der Waals surface area contributed by atoms with Crippen molar-refractivity contribution in [1.29, 1.82) is 0 Å². The van der Waals surface area contributed by atoms with E-state index in [9.17, 15) is 4.79 Å². The Hall–Kier alpha value is -2.96. The van der Waals surface area contributed by atoms with Crippen LogP contribution in [0.1, 0.15) is 24.2 Å². The minimum atomic E-state index is -0.981. The quantitative estimate of drug-likeness (QED) is 0.769. The van der Waals surface area contributed by atoms with E-state index < -0.39 is 5.97 Å². The maximum absolute atomic E-state index is 11.2. The van der Waals surface area contributed by atoms with E-state index in [-0.39, 0.29) is 11.6 Å². The summed E-state index contributed by atoms with van der Waals surface area (Å²) in [5, 5.41) is 16.0. The van der Waals surface area contributed by atoms with Crippen molar-refractivity contribution in [1.82, 2.24) is 20.2 Å². The number of aromatic carboxylic acids is 1. The molecule has 2 heterocycles. The van der Waals surface area contributed by atoms with Gasteiger partial charge >= 0.3 is 5.97 Å². The molecule has 0 saturated heterocycles. The summed E-state index contributed by atoms with van der Waals surface area (Å²) in [5.74, 6) is -0.301. The maximum Gasteiger partial charge on any atom is 0.335 e. The van der Waals surface area contributed by atoms with Gasteiger partial charge in [-0.3, -0.25) is 5.10 Å². The fourth-order valence-corrected chi connectivity index (χ4v) is 2.24. The lowest BCUT2D eigenvalue weighted by Gasteiger charge is -2.24. The lowest BCUT2D eigenvalue weighted by molar-refractivity contribution is 0.0697. The van der Waals surface area contributed by atoms with E-state index in [1.165, 1.54) is 6.07 Å². The third-order valence-corrected chi connectivity index (χ3v) is 3.76.